The SMILES string of the molecule is CC.CC(C)N1CCC(Oc2cc3cc(C(=O)/C(C#N)=C/N(C)C)[nH]c3cc2C2CCOCC2)CC1. The lowest BCUT2D eigenvalue weighted by atomic mass is 9.90. The zero-order chi connectivity index (χ0) is 26.2. The summed E-state index contributed by atoms with van der Waals surface area (Å²) in [5, 5.41) is 10.4. The van der Waals surface area contributed by atoms with Crippen LogP contribution in [0.3, 0.4) is 0 Å². The van der Waals surface area contributed by atoms with Crippen LogP contribution in [0.2, 0.25) is 0 Å². The predicted octanol–water partition coefficient (Wildman–Crippen LogP) is 5.49. The maximum Gasteiger partial charge on any atom is 0.221 e. The second-order valence-electron chi connectivity index (χ2n) is 9.94. The lowest BCUT2D eigenvalue weighted by molar-refractivity contribution is 0.0760. The minimum Gasteiger partial charge on any atom is -0.490 e. The molecule has 2 fully saturated rings. The van der Waals surface area contributed by atoms with Gasteiger partial charge in [-0.2, -0.15) is 5.26 Å². The van der Waals surface area contributed by atoms with Crippen molar-refractivity contribution in [1.82, 2.24) is 14.8 Å². The molecule has 0 radical (unpaired) electrons. The molecule has 0 unspecified atom stereocenters. The van der Waals surface area contributed by atoms with E-state index in [2.05, 4.69) is 35.9 Å². The number of piperidine rings is 1. The molecular weight excluding hydrogens is 452 g/mol. The Hall–Kier alpha value is -2.82. The van der Waals surface area contributed by atoms with Gasteiger partial charge in [0.25, 0.3) is 0 Å². The molecule has 0 aliphatic carbocycles. The van der Waals surface area contributed by atoms with Gasteiger partial charge in [-0.3, -0.25) is 4.79 Å². The van der Waals surface area contributed by atoms with Crippen LogP contribution in [0.15, 0.2) is 30.0 Å². The molecule has 196 valence electrons. The molecule has 2 aliphatic rings. The number of ether oxygens (including phenoxy) is 2. The Bertz CT molecular complexity index is 1080. The first-order valence-corrected chi connectivity index (χ1v) is 13.3. The summed E-state index contributed by atoms with van der Waals surface area (Å²) in [6, 6.07) is 8.63. The molecule has 0 amide bonds. The van der Waals surface area contributed by atoms with Crippen molar-refractivity contribution < 1.29 is 14.3 Å². The van der Waals surface area contributed by atoms with Gasteiger partial charge < -0.3 is 24.3 Å². The molecular formula is C29H42N4O3. The van der Waals surface area contributed by atoms with Crippen molar-refractivity contribution in [3.05, 3.63) is 41.2 Å². The third-order valence-corrected chi connectivity index (χ3v) is 6.91. The number of benzene rings is 1. The summed E-state index contributed by atoms with van der Waals surface area (Å²) in [6.07, 6.45) is 5.70. The van der Waals surface area contributed by atoms with Gasteiger partial charge in [0.15, 0.2) is 0 Å². The number of H-pyrrole nitrogens is 1. The first-order chi connectivity index (χ1) is 17.4. The Morgan fingerprint density at radius 3 is 2.42 bits per heavy atom. The van der Waals surface area contributed by atoms with Crippen LogP contribution in [-0.4, -0.2) is 73.1 Å². The average Bonchev–Trinajstić information content (AvgIpc) is 3.31. The number of likely N-dealkylation sites (tertiary alicyclic amines) is 1. The minimum atomic E-state index is -0.302. The highest BCUT2D eigenvalue weighted by Gasteiger charge is 2.26. The Morgan fingerprint density at radius 1 is 1.17 bits per heavy atom. The van der Waals surface area contributed by atoms with Crippen molar-refractivity contribution in [3.8, 4) is 11.8 Å². The smallest absolute Gasteiger partial charge is 0.221 e. The number of carbonyl (C=O) groups is 1. The molecule has 7 nitrogen and oxygen atoms in total. The standard InChI is InChI=1S/C27H36N4O3.C2H6/c1-18(2)31-9-5-22(6-10-31)34-26-14-20-13-25(27(32)21(16-28)17-30(3)4)29-24(20)15-23(26)19-7-11-33-12-8-19;1-2/h13-15,17-19,22,29H,5-12H2,1-4H3;1-2H3/b21-17+;. The molecule has 2 aliphatic heterocycles. The number of Topliss-reactive ketones (excluding diaryl/α,β-unsaturated/α-hetero) is 1. The van der Waals surface area contributed by atoms with E-state index in [1.807, 2.05) is 26.0 Å². The Balaban J connectivity index is 0.00000176. The molecule has 1 N–H and O–H groups in total. The molecule has 2 aromatic rings. The van der Waals surface area contributed by atoms with E-state index in [0.717, 1.165) is 68.6 Å². The van der Waals surface area contributed by atoms with E-state index in [4.69, 9.17) is 9.47 Å². The summed E-state index contributed by atoms with van der Waals surface area (Å²) in [5.74, 6) is 0.989. The lowest BCUT2D eigenvalue weighted by Crippen LogP contribution is -2.41. The second kappa shape index (κ2) is 12.9. The number of ketones is 1. The van der Waals surface area contributed by atoms with Crippen molar-refractivity contribution in [2.75, 3.05) is 40.4 Å². The van der Waals surface area contributed by atoms with Gasteiger partial charge in [0.05, 0.1) is 5.69 Å². The van der Waals surface area contributed by atoms with Crippen LogP contribution in [0.1, 0.15) is 75.3 Å². The maximum atomic E-state index is 13.0. The number of hydrogen-bond donors (Lipinski definition) is 1. The summed E-state index contributed by atoms with van der Waals surface area (Å²) in [5.41, 5.74) is 2.61. The van der Waals surface area contributed by atoms with Crippen LogP contribution >= 0.6 is 0 Å². The number of nitriles is 1. The Morgan fingerprint density at radius 2 is 1.83 bits per heavy atom. The van der Waals surface area contributed by atoms with Gasteiger partial charge in [0.1, 0.15) is 23.5 Å². The summed E-state index contributed by atoms with van der Waals surface area (Å²) < 4.78 is 12.2. The number of rotatable bonds is 7. The van der Waals surface area contributed by atoms with E-state index in [1.54, 1.807) is 25.2 Å². The molecule has 2 saturated heterocycles. The summed E-state index contributed by atoms with van der Waals surface area (Å²) in [6.45, 7) is 12.1. The zero-order valence-electron chi connectivity index (χ0n) is 22.8. The van der Waals surface area contributed by atoms with Crippen LogP contribution in [0.4, 0.5) is 0 Å². The number of allylic oxidation sites excluding steroid dienone is 1. The number of aromatic amines is 1. The maximum absolute atomic E-state index is 13.0. The summed E-state index contributed by atoms with van der Waals surface area (Å²) >= 11 is 0. The molecule has 0 saturated carbocycles. The highest BCUT2D eigenvalue weighted by molar-refractivity contribution is 6.12. The van der Waals surface area contributed by atoms with E-state index in [1.165, 1.54) is 5.56 Å². The first kappa shape index (κ1) is 27.8. The van der Waals surface area contributed by atoms with Crippen LogP contribution in [-0.2, 0) is 4.74 Å². The predicted molar refractivity (Wildman–Crippen MR) is 145 cm³/mol. The topological polar surface area (TPSA) is 81.6 Å². The third-order valence-electron chi connectivity index (χ3n) is 6.91. The molecule has 0 bridgehead atoms. The molecule has 3 heterocycles. The van der Waals surface area contributed by atoms with Crippen molar-refractivity contribution >= 4 is 16.7 Å². The summed E-state index contributed by atoms with van der Waals surface area (Å²) in [7, 11) is 3.59. The van der Waals surface area contributed by atoms with Gasteiger partial charge in [0, 0.05) is 63.5 Å². The van der Waals surface area contributed by atoms with Crippen LogP contribution in [0, 0.1) is 11.3 Å². The largest absolute Gasteiger partial charge is 0.490 e. The third kappa shape index (κ3) is 6.68. The Kier molecular flexibility index (Phi) is 9.98. The highest BCUT2D eigenvalue weighted by atomic mass is 16.5. The molecule has 7 heteroatoms. The van der Waals surface area contributed by atoms with E-state index in [-0.39, 0.29) is 17.5 Å². The number of carbonyl (C=O) groups excluding carboxylic acids is 1. The van der Waals surface area contributed by atoms with Gasteiger partial charge in [-0.25, -0.2) is 0 Å². The second-order valence-corrected chi connectivity index (χ2v) is 9.94. The highest BCUT2D eigenvalue weighted by Crippen LogP contribution is 2.38. The van der Waals surface area contributed by atoms with E-state index in [9.17, 15) is 10.1 Å². The lowest BCUT2D eigenvalue weighted by Gasteiger charge is -2.35. The molecule has 4 rings (SSSR count). The van der Waals surface area contributed by atoms with Gasteiger partial charge >= 0.3 is 0 Å². The monoisotopic (exact) mass is 494 g/mol. The first-order valence-electron chi connectivity index (χ1n) is 13.3. The van der Waals surface area contributed by atoms with E-state index in [0.29, 0.717) is 17.7 Å². The van der Waals surface area contributed by atoms with Crippen LogP contribution in [0.25, 0.3) is 10.9 Å². The van der Waals surface area contributed by atoms with Crippen molar-refractivity contribution in [2.24, 2.45) is 0 Å². The van der Waals surface area contributed by atoms with Crippen molar-refractivity contribution in [1.29, 1.82) is 5.26 Å². The fourth-order valence-electron chi connectivity index (χ4n) is 4.96. The van der Waals surface area contributed by atoms with Crippen molar-refractivity contribution in [2.45, 2.75) is 71.4 Å². The van der Waals surface area contributed by atoms with Crippen molar-refractivity contribution in [3.63, 3.8) is 0 Å². The normalized spacial score (nSPS) is 18.0. The number of aromatic nitrogens is 1. The molecule has 0 atom stereocenters. The minimum absolute atomic E-state index is 0.106. The fraction of sp³-hybridized carbons (Fsp3) is 0.586. The number of nitrogens with zero attached hydrogens (tertiary/aromatic N) is 3. The number of fused-ring (bicyclic) bond motifs is 1. The summed E-state index contributed by atoms with van der Waals surface area (Å²) in [4.78, 5) is 20.4. The quantitative estimate of drug-likeness (QED) is 0.311. The number of hydrogen-bond acceptors (Lipinski definition) is 6. The van der Waals surface area contributed by atoms with Crippen LogP contribution in [0.5, 0.6) is 5.75 Å². The van der Waals surface area contributed by atoms with Gasteiger partial charge in [-0.15, -0.1) is 0 Å². The molecule has 1 aromatic carbocycles. The van der Waals surface area contributed by atoms with Crippen LogP contribution < -0.4 is 4.74 Å². The molecule has 36 heavy (non-hydrogen) atoms. The van der Waals surface area contributed by atoms with E-state index >= 15 is 0 Å². The number of nitrogens with one attached hydrogen (secondary N) is 1. The van der Waals surface area contributed by atoms with Gasteiger partial charge in [0.2, 0.25) is 5.78 Å². The molecule has 1 aromatic heterocycles. The van der Waals surface area contributed by atoms with Gasteiger partial charge in [-0.05, 0) is 69.2 Å². The molecule has 0 spiro atoms. The fourth-order valence-corrected chi connectivity index (χ4v) is 4.96. The zero-order valence-corrected chi connectivity index (χ0v) is 22.8. The van der Waals surface area contributed by atoms with E-state index < -0.39 is 0 Å². The van der Waals surface area contributed by atoms with Gasteiger partial charge in [-0.1, -0.05) is 13.8 Å². The average molecular weight is 495 g/mol. The Labute approximate surface area is 216 Å².